The summed E-state index contributed by atoms with van der Waals surface area (Å²) in [5, 5.41) is 0. The fourth-order valence-electron chi connectivity index (χ4n) is 2.50. The lowest BCUT2D eigenvalue weighted by Gasteiger charge is -2.10. The molecule has 0 aromatic heterocycles. The first-order valence-electron chi connectivity index (χ1n) is 7.62. The smallest absolute Gasteiger partial charge is 0.343 e. The van der Waals surface area contributed by atoms with E-state index in [2.05, 4.69) is 0 Å². The summed E-state index contributed by atoms with van der Waals surface area (Å²) < 4.78 is 15.9. The maximum Gasteiger partial charge on any atom is 0.343 e. The van der Waals surface area contributed by atoms with Gasteiger partial charge in [0, 0.05) is 5.56 Å². The molecule has 0 unspecified atom stereocenters. The third kappa shape index (κ3) is 3.33. The molecule has 0 atom stereocenters. The molecule has 0 amide bonds. The molecule has 0 saturated heterocycles. The molecule has 1 heterocycles. The number of allylic oxidation sites excluding steroid dienone is 2. The van der Waals surface area contributed by atoms with Crippen molar-refractivity contribution in [2.75, 3.05) is 14.2 Å². The second-order valence-corrected chi connectivity index (χ2v) is 5.27. The molecule has 1 aliphatic rings. The number of cyclic esters (lactones) is 1. The third-order valence-corrected chi connectivity index (χ3v) is 3.82. The SMILES string of the molecule is COc1ccc(C2=CCC=C(c3ccc(OC)cc3)C(=O)O2)cc1. The lowest BCUT2D eigenvalue weighted by molar-refractivity contribution is -0.130. The monoisotopic (exact) mass is 322 g/mol. The van der Waals surface area contributed by atoms with Crippen LogP contribution in [0.5, 0.6) is 11.5 Å². The number of rotatable bonds is 4. The minimum absolute atomic E-state index is 0.361. The highest BCUT2D eigenvalue weighted by atomic mass is 16.5. The number of benzene rings is 2. The van der Waals surface area contributed by atoms with Crippen LogP contribution in [0.1, 0.15) is 17.5 Å². The minimum atomic E-state index is -0.361. The molecule has 4 heteroatoms. The van der Waals surface area contributed by atoms with Crippen LogP contribution < -0.4 is 9.47 Å². The van der Waals surface area contributed by atoms with Gasteiger partial charge in [-0.3, -0.25) is 0 Å². The maximum absolute atomic E-state index is 12.5. The first-order valence-corrected chi connectivity index (χ1v) is 7.62. The van der Waals surface area contributed by atoms with E-state index in [0.29, 0.717) is 17.8 Å². The molecule has 0 fully saturated rings. The predicted molar refractivity (Wildman–Crippen MR) is 92.7 cm³/mol. The average molecular weight is 322 g/mol. The Morgan fingerprint density at radius 1 is 0.792 bits per heavy atom. The standard InChI is InChI=1S/C20H18O4/c1-22-16-10-6-14(7-11-16)18-4-3-5-19(24-20(18)21)15-8-12-17(23-2)13-9-15/h4-13H,3H2,1-2H3. The van der Waals surface area contributed by atoms with Crippen molar-refractivity contribution < 1.29 is 19.0 Å². The Morgan fingerprint density at radius 2 is 1.33 bits per heavy atom. The highest BCUT2D eigenvalue weighted by molar-refractivity contribution is 6.18. The topological polar surface area (TPSA) is 44.8 Å². The number of carbonyl (C=O) groups is 1. The molecule has 0 N–H and O–H groups in total. The fourth-order valence-corrected chi connectivity index (χ4v) is 2.50. The van der Waals surface area contributed by atoms with Gasteiger partial charge in [0.2, 0.25) is 0 Å². The van der Waals surface area contributed by atoms with Gasteiger partial charge in [0.05, 0.1) is 19.8 Å². The van der Waals surface area contributed by atoms with Crippen molar-refractivity contribution in [2.45, 2.75) is 6.42 Å². The number of esters is 1. The van der Waals surface area contributed by atoms with Crippen LogP contribution in [0.15, 0.2) is 60.7 Å². The zero-order chi connectivity index (χ0) is 16.9. The summed E-state index contributed by atoms with van der Waals surface area (Å²) in [6, 6.07) is 14.8. The van der Waals surface area contributed by atoms with Gasteiger partial charge in [-0.05, 0) is 54.5 Å². The molecule has 24 heavy (non-hydrogen) atoms. The summed E-state index contributed by atoms with van der Waals surface area (Å²) in [7, 11) is 3.23. The van der Waals surface area contributed by atoms with Crippen molar-refractivity contribution in [3.05, 3.63) is 71.8 Å². The van der Waals surface area contributed by atoms with Crippen molar-refractivity contribution in [3.8, 4) is 11.5 Å². The van der Waals surface area contributed by atoms with Crippen molar-refractivity contribution >= 4 is 17.3 Å². The zero-order valence-electron chi connectivity index (χ0n) is 13.6. The van der Waals surface area contributed by atoms with Gasteiger partial charge in [0.1, 0.15) is 17.3 Å². The number of carbonyl (C=O) groups excluding carboxylic acids is 1. The normalized spacial score (nSPS) is 14.2. The summed E-state index contributed by atoms with van der Waals surface area (Å²) in [6.07, 6.45) is 4.39. The van der Waals surface area contributed by atoms with E-state index in [1.807, 2.05) is 60.7 Å². The number of ether oxygens (including phenoxy) is 3. The van der Waals surface area contributed by atoms with Crippen LogP contribution in [-0.2, 0) is 9.53 Å². The molecular formula is C20H18O4. The Kier molecular flexibility index (Phi) is 4.66. The van der Waals surface area contributed by atoms with Crippen molar-refractivity contribution in [2.24, 2.45) is 0 Å². The summed E-state index contributed by atoms with van der Waals surface area (Å²) in [6.45, 7) is 0. The summed E-state index contributed by atoms with van der Waals surface area (Å²) >= 11 is 0. The molecule has 0 saturated carbocycles. The molecule has 1 aliphatic heterocycles. The molecule has 2 aromatic carbocycles. The highest BCUT2D eigenvalue weighted by Crippen LogP contribution is 2.28. The zero-order valence-corrected chi connectivity index (χ0v) is 13.6. The Balaban J connectivity index is 1.79. The van der Waals surface area contributed by atoms with E-state index in [0.717, 1.165) is 22.6 Å². The fraction of sp³-hybridized carbons (Fsp3) is 0.150. The van der Waals surface area contributed by atoms with Gasteiger partial charge in [0.15, 0.2) is 0 Å². The van der Waals surface area contributed by atoms with Gasteiger partial charge in [-0.15, -0.1) is 0 Å². The molecular weight excluding hydrogens is 304 g/mol. The molecule has 0 aliphatic carbocycles. The van der Waals surface area contributed by atoms with Crippen LogP contribution >= 0.6 is 0 Å². The van der Waals surface area contributed by atoms with E-state index < -0.39 is 0 Å². The highest BCUT2D eigenvalue weighted by Gasteiger charge is 2.19. The van der Waals surface area contributed by atoms with E-state index in [1.165, 1.54) is 0 Å². The molecule has 0 radical (unpaired) electrons. The number of methoxy groups -OCH3 is 2. The van der Waals surface area contributed by atoms with Crippen LogP contribution in [-0.4, -0.2) is 20.2 Å². The van der Waals surface area contributed by atoms with E-state index in [4.69, 9.17) is 14.2 Å². The quantitative estimate of drug-likeness (QED) is 0.796. The van der Waals surface area contributed by atoms with E-state index in [1.54, 1.807) is 14.2 Å². The predicted octanol–water partition coefficient (Wildman–Crippen LogP) is 4.08. The van der Waals surface area contributed by atoms with E-state index in [-0.39, 0.29) is 5.97 Å². The van der Waals surface area contributed by atoms with Gasteiger partial charge >= 0.3 is 5.97 Å². The van der Waals surface area contributed by atoms with Crippen LogP contribution in [0.2, 0.25) is 0 Å². The summed E-state index contributed by atoms with van der Waals surface area (Å²) in [5.41, 5.74) is 2.20. The van der Waals surface area contributed by atoms with Crippen LogP contribution in [0.3, 0.4) is 0 Å². The average Bonchev–Trinajstić information content (AvgIpc) is 2.83. The number of hydrogen-bond acceptors (Lipinski definition) is 4. The molecule has 2 aromatic rings. The van der Waals surface area contributed by atoms with Gasteiger partial charge in [-0.1, -0.05) is 18.2 Å². The first-order chi connectivity index (χ1) is 11.7. The summed E-state index contributed by atoms with van der Waals surface area (Å²) in [4.78, 5) is 12.5. The van der Waals surface area contributed by atoms with Crippen molar-refractivity contribution in [1.82, 2.24) is 0 Å². The second-order valence-electron chi connectivity index (χ2n) is 5.27. The lowest BCUT2D eigenvalue weighted by atomic mass is 10.0. The van der Waals surface area contributed by atoms with Gasteiger partial charge in [-0.2, -0.15) is 0 Å². The summed E-state index contributed by atoms with van der Waals surface area (Å²) in [5.74, 6) is 1.71. The lowest BCUT2D eigenvalue weighted by Crippen LogP contribution is -2.05. The van der Waals surface area contributed by atoms with Gasteiger partial charge in [0.25, 0.3) is 0 Å². The second kappa shape index (κ2) is 7.04. The Morgan fingerprint density at radius 3 is 1.88 bits per heavy atom. The minimum Gasteiger partial charge on any atom is -0.497 e. The van der Waals surface area contributed by atoms with E-state index >= 15 is 0 Å². The molecule has 0 bridgehead atoms. The Labute approximate surface area is 141 Å². The molecule has 122 valence electrons. The van der Waals surface area contributed by atoms with Crippen molar-refractivity contribution in [3.63, 3.8) is 0 Å². The Bertz CT molecular complexity index is 783. The molecule has 4 nitrogen and oxygen atoms in total. The molecule has 0 spiro atoms. The van der Waals surface area contributed by atoms with Crippen molar-refractivity contribution in [1.29, 1.82) is 0 Å². The first kappa shape index (κ1) is 15.9. The van der Waals surface area contributed by atoms with Crippen LogP contribution in [0, 0.1) is 0 Å². The van der Waals surface area contributed by atoms with Crippen LogP contribution in [0.4, 0.5) is 0 Å². The van der Waals surface area contributed by atoms with E-state index in [9.17, 15) is 4.79 Å². The van der Waals surface area contributed by atoms with Gasteiger partial charge in [-0.25, -0.2) is 4.79 Å². The maximum atomic E-state index is 12.5. The van der Waals surface area contributed by atoms with Crippen LogP contribution in [0.25, 0.3) is 11.3 Å². The Hall–Kier alpha value is -3.01. The van der Waals surface area contributed by atoms with Gasteiger partial charge < -0.3 is 14.2 Å². The number of hydrogen-bond donors (Lipinski definition) is 0. The molecule has 3 rings (SSSR count). The largest absolute Gasteiger partial charge is 0.497 e. The third-order valence-electron chi connectivity index (χ3n) is 3.82.